The Morgan fingerprint density at radius 3 is 2.46 bits per heavy atom. The van der Waals surface area contributed by atoms with E-state index in [1.807, 2.05) is 18.2 Å². The molecule has 3 rings (SSSR count). The van der Waals surface area contributed by atoms with Crippen LogP contribution in [0, 0.1) is 0 Å². The second-order valence-electron chi connectivity index (χ2n) is 5.96. The van der Waals surface area contributed by atoms with E-state index in [1.165, 1.54) is 0 Å². The van der Waals surface area contributed by atoms with Gasteiger partial charge < -0.3 is 14.8 Å². The molecule has 1 aliphatic carbocycles. The van der Waals surface area contributed by atoms with Gasteiger partial charge in [-0.25, -0.2) is 4.98 Å². The summed E-state index contributed by atoms with van der Waals surface area (Å²) in [5.41, 5.74) is 0.655. The normalized spacial score (nSPS) is 20.2. The van der Waals surface area contributed by atoms with E-state index >= 15 is 0 Å². The quantitative estimate of drug-likeness (QED) is 0.916. The van der Waals surface area contributed by atoms with Crippen LogP contribution in [-0.2, 0) is 0 Å². The Kier molecular flexibility index (Phi) is 5.31. The zero-order chi connectivity index (χ0) is 16.8. The number of hydrogen-bond donors (Lipinski definition) is 1. The van der Waals surface area contributed by atoms with Gasteiger partial charge in [-0.15, -0.1) is 0 Å². The van der Waals surface area contributed by atoms with Gasteiger partial charge in [0.05, 0.1) is 7.11 Å². The van der Waals surface area contributed by atoms with Crippen molar-refractivity contribution in [3.05, 3.63) is 54.2 Å². The molecule has 24 heavy (non-hydrogen) atoms. The minimum Gasteiger partial charge on any atom is -0.497 e. The Morgan fingerprint density at radius 2 is 1.83 bits per heavy atom. The standard InChI is InChI=1S/C19H22N2O3/c1-23-16-9-5-14(6-10-16)19(22)21-15-7-11-17(12-8-15)24-18-4-2-3-13-20-18/h2-6,9-10,13,15,17H,7-8,11-12H2,1H3,(H,21,22). The summed E-state index contributed by atoms with van der Waals surface area (Å²) in [6, 6.07) is 13.0. The van der Waals surface area contributed by atoms with E-state index in [0.717, 1.165) is 31.4 Å². The van der Waals surface area contributed by atoms with E-state index in [0.29, 0.717) is 11.4 Å². The Bertz CT molecular complexity index is 650. The summed E-state index contributed by atoms with van der Waals surface area (Å²) in [7, 11) is 1.61. The monoisotopic (exact) mass is 326 g/mol. The number of carbonyl (C=O) groups is 1. The van der Waals surface area contributed by atoms with Gasteiger partial charge in [-0.1, -0.05) is 6.07 Å². The van der Waals surface area contributed by atoms with Gasteiger partial charge in [-0.3, -0.25) is 4.79 Å². The molecule has 2 aromatic rings. The average Bonchev–Trinajstić information content (AvgIpc) is 2.64. The third kappa shape index (κ3) is 4.25. The first-order valence-electron chi connectivity index (χ1n) is 8.27. The molecular formula is C19H22N2O3. The van der Waals surface area contributed by atoms with Crippen molar-refractivity contribution in [1.29, 1.82) is 0 Å². The highest BCUT2D eigenvalue weighted by molar-refractivity contribution is 5.94. The molecule has 1 N–H and O–H groups in total. The zero-order valence-corrected chi connectivity index (χ0v) is 13.8. The van der Waals surface area contributed by atoms with Crippen LogP contribution in [0.3, 0.4) is 0 Å². The van der Waals surface area contributed by atoms with Gasteiger partial charge in [0.15, 0.2) is 0 Å². The number of pyridine rings is 1. The van der Waals surface area contributed by atoms with Crippen LogP contribution in [-0.4, -0.2) is 30.1 Å². The van der Waals surface area contributed by atoms with E-state index in [1.54, 1.807) is 37.6 Å². The van der Waals surface area contributed by atoms with Crippen LogP contribution >= 0.6 is 0 Å². The van der Waals surface area contributed by atoms with Gasteiger partial charge >= 0.3 is 0 Å². The summed E-state index contributed by atoms with van der Waals surface area (Å²) in [5.74, 6) is 1.38. The van der Waals surface area contributed by atoms with Crippen molar-refractivity contribution in [2.24, 2.45) is 0 Å². The second kappa shape index (κ2) is 7.81. The SMILES string of the molecule is COc1ccc(C(=O)NC2CCC(Oc3ccccn3)CC2)cc1. The van der Waals surface area contributed by atoms with Crippen LogP contribution in [0.5, 0.6) is 11.6 Å². The van der Waals surface area contributed by atoms with Gasteiger partial charge in [-0.05, 0) is 56.0 Å². The molecule has 0 spiro atoms. The number of amides is 1. The number of rotatable bonds is 5. The molecule has 1 aliphatic rings. The first-order chi connectivity index (χ1) is 11.7. The molecule has 0 radical (unpaired) electrons. The molecule has 1 saturated carbocycles. The molecule has 0 unspecified atom stereocenters. The minimum absolute atomic E-state index is 0.0354. The maximum absolute atomic E-state index is 12.3. The number of ether oxygens (including phenoxy) is 2. The lowest BCUT2D eigenvalue weighted by atomic mass is 9.92. The molecule has 5 nitrogen and oxygen atoms in total. The molecule has 1 aromatic heterocycles. The van der Waals surface area contributed by atoms with E-state index < -0.39 is 0 Å². The number of aromatic nitrogens is 1. The third-order valence-electron chi connectivity index (χ3n) is 4.29. The maximum Gasteiger partial charge on any atom is 0.251 e. The lowest BCUT2D eigenvalue weighted by molar-refractivity contribution is 0.0890. The minimum atomic E-state index is -0.0354. The van der Waals surface area contributed by atoms with Gasteiger partial charge in [0.25, 0.3) is 5.91 Å². The van der Waals surface area contributed by atoms with Crippen LogP contribution in [0.4, 0.5) is 0 Å². The Hall–Kier alpha value is -2.56. The molecule has 0 saturated heterocycles. The predicted octanol–water partition coefficient (Wildman–Crippen LogP) is 3.21. The van der Waals surface area contributed by atoms with Gasteiger partial charge in [0.2, 0.25) is 5.88 Å². The van der Waals surface area contributed by atoms with Crippen LogP contribution in [0.1, 0.15) is 36.0 Å². The Balaban J connectivity index is 1.47. The first-order valence-corrected chi connectivity index (χ1v) is 8.27. The predicted molar refractivity (Wildman–Crippen MR) is 91.4 cm³/mol. The summed E-state index contributed by atoms with van der Waals surface area (Å²) in [6.07, 6.45) is 5.58. The average molecular weight is 326 g/mol. The number of nitrogens with one attached hydrogen (secondary N) is 1. The fourth-order valence-corrected chi connectivity index (χ4v) is 2.92. The summed E-state index contributed by atoms with van der Waals surface area (Å²) in [6.45, 7) is 0. The molecule has 126 valence electrons. The van der Waals surface area contributed by atoms with E-state index in [-0.39, 0.29) is 18.1 Å². The van der Waals surface area contributed by atoms with Crippen molar-refractivity contribution >= 4 is 5.91 Å². The highest BCUT2D eigenvalue weighted by atomic mass is 16.5. The number of carbonyl (C=O) groups excluding carboxylic acids is 1. The van der Waals surface area contributed by atoms with Crippen molar-refractivity contribution in [2.75, 3.05) is 7.11 Å². The molecule has 1 amide bonds. The largest absolute Gasteiger partial charge is 0.497 e. The van der Waals surface area contributed by atoms with Crippen LogP contribution < -0.4 is 14.8 Å². The number of hydrogen-bond acceptors (Lipinski definition) is 4. The van der Waals surface area contributed by atoms with Crippen molar-refractivity contribution in [1.82, 2.24) is 10.3 Å². The number of nitrogens with zero attached hydrogens (tertiary/aromatic N) is 1. The summed E-state index contributed by atoms with van der Waals surface area (Å²) < 4.78 is 11.0. The highest BCUT2D eigenvalue weighted by Crippen LogP contribution is 2.23. The van der Waals surface area contributed by atoms with E-state index in [4.69, 9.17) is 9.47 Å². The van der Waals surface area contributed by atoms with Crippen molar-refractivity contribution < 1.29 is 14.3 Å². The summed E-state index contributed by atoms with van der Waals surface area (Å²) in [5, 5.41) is 3.11. The maximum atomic E-state index is 12.3. The summed E-state index contributed by atoms with van der Waals surface area (Å²) >= 11 is 0. The lowest BCUT2D eigenvalue weighted by Crippen LogP contribution is -2.39. The topological polar surface area (TPSA) is 60.5 Å². The number of benzene rings is 1. The second-order valence-corrected chi connectivity index (χ2v) is 5.96. The molecule has 5 heteroatoms. The van der Waals surface area contributed by atoms with Crippen LogP contribution in [0.2, 0.25) is 0 Å². The molecule has 1 fully saturated rings. The zero-order valence-electron chi connectivity index (χ0n) is 13.8. The fraction of sp³-hybridized carbons (Fsp3) is 0.368. The summed E-state index contributed by atoms with van der Waals surface area (Å²) in [4.78, 5) is 16.5. The molecule has 0 aliphatic heterocycles. The molecule has 1 aromatic carbocycles. The first kappa shape index (κ1) is 16.3. The van der Waals surface area contributed by atoms with E-state index in [2.05, 4.69) is 10.3 Å². The van der Waals surface area contributed by atoms with Gasteiger partial charge in [-0.2, -0.15) is 0 Å². The van der Waals surface area contributed by atoms with Crippen molar-refractivity contribution in [2.45, 2.75) is 37.8 Å². The van der Waals surface area contributed by atoms with E-state index in [9.17, 15) is 4.79 Å². The Morgan fingerprint density at radius 1 is 1.08 bits per heavy atom. The molecule has 1 heterocycles. The van der Waals surface area contributed by atoms with Crippen LogP contribution in [0.25, 0.3) is 0 Å². The Labute approximate surface area is 142 Å². The molecule has 0 bridgehead atoms. The van der Waals surface area contributed by atoms with Crippen molar-refractivity contribution in [3.63, 3.8) is 0 Å². The van der Waals surface area contributed by atoms with Crippen LogP contribution in [0.15, 0.2) is 48.7 Å². The number of methoxy groups -OCH3 is 1. The smallest absolute Gasteiger partial charge is 0.251 e. The third-order valence-corrected chi connectivity index (χ3v) is 4.29. The molecule has 0 atom stereocenters. The van der Waals surface area contributed by atoms with Gasteiger partial charge in [0, 0.05) is 23.9 Å². The fourth-order valence-electron chi connectivity index (χ4n) is 2.92. The van der Waals surface area contributed by atoms with Crippen molar-refractivity contribution in [3.8, 4) is 11.6 Å². The lowest BCUT2D eigenvalue weighted by Gasteiger charge is -2.29. The highest BCUT2D eigenvalue weighted by Gasteiger charge is 2.24. The van der Waals surface area contributed by atoms with Gasteiger partial charge in [0.1, 0.15) is 11.9 Å². The molecular weight excluding hydrogens is 304 g/mol.